The van der Waals surface area contributed by atoms with Gasteiger partial charge in [0.05, 0.1) is 15.8 Å². The Kier molecular flexibility index (Phi) is 2.99. The maximum absolute atomic E-state index is 12.0. The second-order valence-corrected chi connectivity index (χ2v) is 5.96. The van der Waals surface area contributed by atoms with Gasteiger partial charge in [0.2, 0.25) is 0 Å². The molecule has 0 N–H and O–H groups in total. The average Bonchev–Trinajstić information content (AvgIpc) is 2.86. The highest BCUT2D eigenvalue weighted by Gasteiger charge is 2.33. The molecule has 1 aliphatic rings. The Bertz CT molecular complexity index is 623. The number of cyclic esters (lactones) is 1. The summed E-state index contributed by atoms with van der Waals surface area (Å²) in [5, 5.41) is 0. The minimum Gasteiger partial charge on any atom is -0.454 e. The molecule has 2 aromatic rings. The topological polar surface area (TPSA) is 39.2 Å². The Morgan fingerprint density at radius 1 is 1.50 bits per heavy atom. The molecule has 0 saturated heterocycles. The Labute approximate surface area is 114 Å². The van der Waals surface area contributed by atoms with Crippen molar-refractivity contribution < 1.29 is 9.53 Å². The van der Waals surface area contributed by atoms with Crippen LogP contribution < -0.4 is 0 Å². The van der Waals surface area contributed by atoms with E-state index in [0.29, 0.717) is 10.0 Å². The number of fused-ring (bicyclic) bond motifs is 3. The lowest BCUT2D eigenvalue weighted by Crippen LogP contribution is -1.98. The van der Waals surface area contributed by atoms with Gasteiger partial charge in [0, 0.05) is 5.56 Å². The molecular formula is C13H12ClNO2S. The summed E-state index contributed by atoms with van der Waals surface area (Å²) in [6.07, 6.45) is 2.93. The molecule has 5 heteroatoms. The van der Waals surface area contributed by atoms with Crippen LogP contribution in [-0.4, -0.2) is 11.0 Å². The van der Waals surface area contributed by atoms with Crippen molar-refractivity contribution in [2.45, 2.75) is 32.3 Å². The molecule has 0 fully saturated rings. The fourth-order valence-corrected chi connectivity index (χ4v) is 3.47. The molecule has 0 saturated carbocycles. The van der Waals surface area contributed by atoms with E-state index in [2.05, 4.69) is 11.9 Å². The average molecular weight is 282 g/mol. The van der Waals surface area contributed by atoms with E-state index >= 15 is 0 Å². The Morgan fingerprint density at radius 3 is 3.11 bits per heavy atom. The van der Waals surface area contributed by atoms with Crippen LogP contribution in [0.3, 0.4) is 0 Å². The Hall–Kier alpha value is -1.13. The van der Waals surface area contributed by atoms with Crippen molar-refractivity contribution in [1.29, 1.82) is 0 Å². The lowest BCUT2D eigenvalue weighted by Gasteiger charge is -2.09. The molecule has 1 aromatic carbocycles. The van der Waals surface area contributed by atoms with Crippen LogP contribution in [0.25, 0.3) is 10.2 Å². The Morgan fingerprint density at radius 2 is 2.33 bits per heavy atom. The molecule has 1 aromatic heterocycles. The van der Waals surface area contributed by atoms with E-state index in [4.69, 9.17) is 16.3 Å². The van der Waals surface area contributed by atoms with E-state index in [0.717, 1.165) is 35.0 Å². The number of carbonyl (C=O) groups is 1. The van der Waals surface area contributed by atoms with Crippen molar-refractivity contribution in [3.8, 4) is 0 Å². The maximum Gasteiger partial charge on any atom is 0.340 e. The van der Waals surface area contributed by atoms with Crippen LogP contribution in [0.2, 0.25) is 4.47 Å². The quantitative estimate of drug-likeness (QED) is 0.785. The number of carbonyl (C=O) groups excluding carboxylic acids is 1. The van der Waals surface area contributed by atoms with Crippen molar-refractivity contribution in [1.82, 2.24) is 4.98 Å². The number of unbranched alkanes of at least 4 members (excludes halogenated alkanes) is 1. The van der Waals surface area contributed by atoms with Gasteiger partial charge in [-0.1, -0.05) is 31.0 Å². The molecule has 18 heavy (non-hydrogen) atoms. The first-order valence-corrected chi connectivity index (χ1v) is 7.20. The number of hydrogen-bond donors (Lipinski definition) is 0. The standard InChI is InChI=1S/C13H12ClNO2S/c1-2-3-4-9-7-5-6-8-11(18-13(14)15-8)10(7)12(16)17-9/h5-6,9H,2-4H2,1H3. The summed E-state index contributed by atoms with van der Waals surface area (Å²) >= 11 is 7.25. The van der Waals surface area contributed by atoms with Crippen LogP contribution in [0, 0.1) is 0 Å². The number of hydrogen-bond acceptors (Lipinski definition) is 4. The van der Waals surface area contributed by atoms with Crippen LogP contribution >= 0.6 is 22.9 Å². The molecule has 0 bridgehead atoms. The van der Waals surface area contributed by atoms with Crippen LogP contribution in [0.5, 0.6) is 0 Å². The lowest BCUT2D eigenvalue weighted by atomic mass is 10.0. The zero-order valence-corrected chi connectivity index (χ0v) is 11.5. The summed E-state index contributed by atoms with van der Waals surface area (Å²) in [4.78, 5) is 16.2. The third-order valence-electron chi connectivity index (χ3n) is 3.18. The molecule has 2 heterocycles. The summed E-state index contributed by atoms with van der Waals surface area (Å²) in [6.45, 7) is 2.13. The smallest absolute Gasteiger partial charge is 0.340 e. The van der Waals surface area contributed by atoms with Crippen molar-refractivity contribution in [2.75, 3.05) is 0 Å². The van der Waals surface area contributed by atoms with E-state index in [9.17, 15) is 4.79 Å². The van der Waals surface area contributed by atoms with E-state index in [1.54, 1.807) is 0 Å². The molecule has 3 nitrogen and oxygen atoms in total. The molecular weight excluding hydrogens is 270 g/mol. The van der Waals surface area contributed by atoms with Gasteiger partial charge in [-0.3, -0.25) is 0 Å². The number of benzene rings is 1. The number of nitrogens with zero attached hydrogens (tertiary/aromatic N) is 1. The number of thiazole rings is 1. The van der Waals surface area contributed by atoms with Gasteiger partial charge >= 0.3 is 5.97 Å². The SMILES string of the molecule is CCCCC1OC(=O)c2c1ccc1nc(Cl)sc21. The van der Waals surface area contributed by atoms with Crippen LogP contribution in [0.15, 0.2) is 12.1 Å². The van der Waals surface area contributed by atoms with E-state index in [1.165, 1.54) is 11.3 Å². The van der Waals surface area contributed by atoms with E-state index in [1.807, 2.05) is 12.1 Å². The summed E-state index contributed by atoms with van der Waals surface area (Å²) in [5.74, 6) is -0.239. The molecule has 1 unspecified atom stereocenters. The Balaban J connectivity index is 2.10. The fraction of sp³-hybridized carbons (Fsp3) is 0.385. The maximum atomic E-state index is 12.0. The largest absolute Gasteiger partial charge is 0.454 e. The van der Waals surface area contributed by atoms with Gasteiger partial charge < -0.3 is 4.74 Å². The van der Waals surface area contributed by atoms with Gasteiger partial charge in [0.1, 0.15) is 6.10 Å². The third kappa shape index (κ3) is 1.80. The molecule has 0 amide bonds. The predicted molar refractivity (Wildman–Crippen MR) is 72.3 cm³/mol. The van der Waals surface area contributed by atoms with E-state index < -0.39 is 0 Å². The lowest BCUT2D eigenvalue weighted by molar-refractivity contribution is 0.0365. The summed E-state index contributed by atoms with van der Waals surface area (Å²) in [5.41, 5.74) is 2.43. The molecule has 94 valence electrons. The van der Waals surface area contributed by atoms with Crippen LogP contribution in [-0.2, 0) is 4.74 Å². The third-order valence-corrected chi connectivity index (χ3v) is 4.38. The highest BCUT2D eigenvalue weighted by atomic mass is 35.5. The van der Waals surface area contributed by atoms with Crippen molar-refractivity contribution >= 4 is 39.1 Å². The number of halogens is 1. The van der Waals surface area contributed by atoms with Crippen molar-refractivity contribution in [3.63, 3.8) is 0 Å². The van der Waals surface area contributed by atoms with E-state index in [-0.39, 0.29) is 12.1 Å². The first kappa shape index (κ1) is 11.9. The van der Waals surface area contributed by atoms with Crippen molar-refractivity contribution in [3.05, 3.63) is 27.7 Å². The fourth-order valence-electron chi connectivity index (χ4n) is 2.31. The van der Waals surface area contributed by atoms with Gasteiger partial charge in [-0.2, -0.15) is 0 Å². The van der Waals surface area contributed by atoms with Crippen LogP contribution in [0.4, 0.5) is 0 Å². The molecule has 1 aliphatic heterocycles. The summed E-state index contributed by atoms with van der Waals surface area (Å²) in [7, 11) is 0. The zero-order chi connectivity index (χ0) is 12.7. The van der Waals surface area contributed by atoms with Gasteiger partial charge in [0.15, 0.2) is 4.47 Å². The van der Waals surface area contributed by atoms with Gasteiger partial charge in [0.25, 0.3) is 0 Å². The van der Waals surface area contributed by atoms with Crippen LogP contribution in [0.1, 0.15) is 48.2 Å². The van der Waals surface area contributed by atoms with Crippen molar-refractivity contribution in [2.24, 2.45) is 0 Å². The molecule has 3 rings (SSSR count). The number of ether oxygens (including phenoxy) is 1. The minimum absolute atomic E-state index is 0.0993. The number of aromatic nitrogens is 1. The number of rotatable bonds is 3. The highest BCUT2D eigenvalue weighted by Crippen LogP contribution is 2.40. The second-order valence-electron chi connectivity index (χ2n) is 4.38. The zero-order valence-electron chi connectivity index (χ0n) is 9.90. The number of esters is 1. The molecule has 0 spiro atoms. The second kappa shape index (κ2) is 4.52. The first-order chi connectivity index (χ1) is 8.70. The summed E-state index contributed by atoms with van der Waals surface area (Å²) < 4.78 is 6.76. The summed E-state index contributed by atoms with van der Waals surface area (Å²) in [6, 6.07) is 3.86. The van der Waals surface area contributed by atoms with Gasteiger partial charge in [-0.25, -0.2) is 9.78 Å². The normalized spacial score (nSPS) is 18.1. The first-order valence-electron chi connectivity index (χ1n) is 6.00. The van der Waals surface area contributed by atoms with Gasteiger partial charge in [-0.05, 0) is 18.9 Å². The monoisotopic (exact) mass is 281 g/mol. The molecule has 1 atom stereocenters. The molecule has 0 aliphatic carbocycles. The molecule has 0 radical (unpaired) electrons. The van der Waals surface area contributed by atoms with Gasteiger partial charge in [-0.15, -0.1) is 11.3 Å². The minimum atomic E-state index is -0.239. The predicted octanol–water partition coefficient (Wildman–Crippen LogP) is 4.35. The highest BCUT2D eigenvalue weighted by molar-refractivity contribution is 7.22.